The summed E-state index contributed by atoms with van der Waals surface area (Å²) < 4.78 is 1.39. The molecule has 0 N–H and O–H groups in total. The molecule has 0 aromatic heterocycles. The molecule has 0 saturated heterocycles. The Kier molecular flexibility index (Phi) is 3.07. The van der Waals surface area contributed by atoms with E-state index in [9.17, 15) is 0 Å². The van der Waals surface area contributed by atoms with Crippen LogP contribution < -0.4 is 4.46 Å². The van der Waals surface area contributed by atoms with Crippen molar-refractivity contribution in [3.05, 3.63) is 29.8 Å². The van der Waals surface area contributed by atoms with Crippen molar-refractivity contribution in [3.8, 4) is 0 Å². The monoisotopic (exact) mass is 216 g/mol. The van der Waals surface area contributed by atoms with Crippen LogP contribution in [0.1, 0.15) is 5.56 Å². The van der Waals surface area contributed by atoms with Crippen molar-refractivity contribution in [2.45, 2.75) is 5.82 Å². The second-order valence-electron chi connectivity index (χ2n) is 1.86. The Hall–Kier alpha value is -0.171. The quantitative estimate of drug-likeness (QED) is 0.531. The molecule has 0 spiro atoms. The predicted octanol–water partition coefficient (Wildman–Crippen LogP) is 1.41. The van der Waals surface area contributed by atoms with Crippen LogP contribution in [-0.4, -0.2) is 20.3 Å². The number of hydrogen-bond donors (Lipinski definition) is 0. The van der Waals surface area contributed by atoms with Gasteiger partial charge in [0.25, 0.3) is 0 Å². The van der Waals surface area contributed by atoms with Crippen molar-refractivity contribution in [1.29, 1.82) is 0 Å². The van der Waals surface area contributed by atoms with E-state index in [1.54, 1.807) is 5.37 Å². The topological polar surface area (TPSA) is 0 Å². The predicted molar refractivity (Wildman–Crippen MR) is 50.5 cm³/mol. The van der Waals surface area contributed by atoms with Gasteiger partial charge in [0.2, 0.25) is 0 Å². The molecular formula is C8H8SSe. The maximum atomic E-state index is 4.86. The fourth-order valence-electron chi connectivity index (χ4n) is 0.764. The van der Waals surface area contributed by atoms with Gasteiger partial charge in [0.15, 0.2) is 0 Å². The van der Waals surface area contributed by atoms with Gasteiger partial charge in [-0.25, -0.2) is 0 Å². The second kappa shape index (κ2) is 3.87. The summed E-state index contributed by atoms with van der Waals surface area (Å²) in [5, 5.41) is 1.75. The molecule has 0 aliphatic heterocycles. The minimum atomic E-state index is 0.561. The molecule has 0 saturated carbocycles. The summed E-state index contributed by atoms with van der Waals surface area (Å²) in [7, 11) is 0. The first-order valence-electron chi connectivity index (χ1n) is 2.96. The zero-order chi connectivity index (χ0) is 7.40. The zero-order valence-corrected chi connectivity index (χ0v) is 8.23. The molecule has 2 heteroatoms. The summed E-state index contributed by atoms with van der Waals surface area (Å²) in [6.45, 7) is 0. The summed E-state index contributed by atoms with van der Waals surface area (Å²) in [4.78, 5) is 0. The van der Waals surface area contributed by atoms with Gasteiger partial charge in [-0.2, -0.15) is 0 Å². The van der Waals surface area contributed by atoms with Gasteiger partial charge in [0.1, 0.15) is 0 Å². The maximum absolute atomic E-state index is 4.86. The molecule has 0 fully saturated rings. The van der Waals surface area contributed by atoms with E-state index in [1.165, 1.54) is 10.0 Å². The molecule has 0 aliphatic carbocycles. The van der Waals surface area contributed by atoms with Crippen LogP contribution in [0.3, 0.4) is 0 Å². The van der Waals surface area contributed by atoms with Crippen molar-refractivity contribution >= 4 is 37.0 Å². The fourth-order valence-corrected chi connectivity index (χ4v) is 2.35. The van der Waals surface area contributed by atoms with Crippen molar-refractivity contribution in [3.63, 3.8) is 0 Å². The number of hydrogen-bond acceptors (Lipinski definition) is 1. The van der Waals surface area contributed by atoms with Crippen molar-refractivity contribution in [2.75, 3.05) is 0 Å². The average molecular weight is 215 g/mol. The first kappa shape index (κ1) is 7.93. The summed E-state index contributed by atoms with van der Waals surface area (Å²) in [5.41, 5.74) is 1.21. The molecule has 0 unspecified atom stereocenters. The summed E-state index contributed by atoms with van der Waals surface area (Å²) in [6.07, 6.45) is 0. The van der Waals surface area contributed by atoms with E-state index in [2.05, 4.69) is 24.0 Å². The standard InChI is InChI=1S/C8H8SSe/c1-10-8-5-3-2-4-7(8)6-9/h2-6H,1H3. The van der Waals surface area contributed by atoms with E-state index in [-0.39, 0.29) is 0 Å². The van der Waals surface area contributed by atoms with Crippen molar-refractivity contribution in [2.24, 2.45) is 0 Å². The van der Waals surface area contributed by atoms with Crippen LogP contribution in [0.5, 0.6) is 0 Å². The molecule has 0 heterocycles. The van der Waals surface area contributed by atoms with E-state index in [0.29, 0.717) is 15.0 Å². The van der Waals surface area contributed by atoms with Crippen LogP contribution >= 0.6 is 12.2 Å². The first-order valence-corrected chi connectivity index (χ1v) is 6.01. The van der Waals surface area contributed by atoms with Gasteiger partial charge < -0.3 is 0 Å². The zero-order valence-electron chi connectivity index (χ0n) is 5.70. The first-order chi connectivity index (χ1) is 4.88. The van der Waals surface area contributed by atoms with Crippen LogP contribution in [0.4, 0.5) is 0 Å². The van der Waals surface area contributed by atoms with Crippen molar-refractivity contribution < 1.29 is 0 Å². The summed E-state index contributed by atoms with van der Waals surface area (Å²) in [5.74, 6) is 2.20. The van der Waals surface area contributed by atoms with E-state index >= 15 is 0 Å². The van der Waals surface area contributed by atoms with E-state index < -0.39 is 0 Å². The Labute approximate surface area is 72.8 Å². The van der Waals surface area contributed by atoms with E-state index in [1.807, 2.05) is 6.07 Å². The third-order valence-corrected chi connectivity index (χ3v) is 3.22. The van der Waals surface area contributed by atoms with Gasteiger partial charge in [0.05, 0.1) is 0 Å². The molecule has 1 aromatic rings. The van der Waals surface area contributed by atoms with E-state index in [4.69, 9.17) is 12.2 Å². The Morgan fingerprint density at radius 1 is 1.40 bits per heavy atom. The molecule has 0 atom stereocenters. The molecule has 0 amide bonds. The van der Waals surface area contributed by atoms with Crippen molar-refractivity contribution in [1.82, 2.24) is 0 Å². The van der Waals surface area contributed by atoms with Gasteiger partial charge in [-0.05, 0) is 0 Å². The number of rotatable bonds is 2. The average Bonchev–Trinajstić information content (AvgIpc) is 2.04. The van der Waals surface area contributed by atoms with Crippen LogP contribution in [0.25, 0.3) is 0 Å². The van der Waals surface area contributed by atoms with Gasteiger partial charge in [-0.15, -0.1) is 0 Å². The molecular weight excluding hydrogens is 207 g/mol. The SMILES string of the molecule is C[Se]c1ccccc1C=S. The summed E-state index contributed by atoms with van der Waals surface area (Å²) in [6, 6.07) is 8.28. The summed E-state index contributed by atoms with van der Waals surface area (Å²) >= 11 is 5.42. The number of thiocarbonyl (C=S) groups is 1. The Morgan fingerprint density at radius 2 is 2.10 bits per heavy atom. The fraction of sp³-hybridized carbons (Fsp3) is 0.125. The van der Waals surface area contributed by atoms with Gasteiger partial charge in [-0.3, -0.25) is 0 Å². The van der Waals surface area contributed by atoms with Crippen LogP contribution in [0, 0.1) is 0 Å². The molecule has 10 heavy (non-hydrogen) atoms. The molecule has 52 valence electrons. The van der Waals surface area contributed by atoms with E-state index in [0.717, 1.165) is 0 Å². The third kappa shape index (κ3) is 1.66. The Balaban J connectivity index is 3.08. The van der Waals surface area contributed by atoms with Crippen LogP contribution in [-0.2, 0) is 0 Å². The third-order valence-electron chi connectivity index (χ3n) is 1.27. The molecule has 0 nitrogen and oxygen atoms in total. The molecule has 0 radical (unpaired) electrons. The minimum absolute atomic E-state index is 0.561. The van der Waals surface area contributed by atoms with Gasteiger partial charge in [-0.1, -0.05) is 0 Å². The molecule has 1 rings (SSSR count). The van der Waals surface area contributed by atoms with Crippen LogP contribution in [0.2, 0.25) is 5.82 Å². The molecule has 0 bridgehead atoms. The second-order valence-corrected chi connectivity index (χ2v) is 3.87. The normalized spacial score (nSPS) is 9.30. The van der Waals surface area contributed by atoms with Crippen LogP contribution in [0.15, 0.2) is 24.3 Å². The Bertz CT molecular complexity index is 232. The Morgan fingerprint density at radius 3 is 2.60 bits per heavy atom. The number of benzene rings is 1. The van der Waals surface area contributed by atoms with Gasteiger partial charge in [0, 0.05) is 0 Å². The van der Waals surface area contributed by atoms with Gasteiger partial charge >= 0.3 is 72.7 Å². The molecule has 0 aliphatic rings. The molecule has 1 aromatic carbocycles.